The third-order valence-corrected chi connectivity index (χ3v) is 5.19. The summed E-state index contributed by atoms with van der Waals surface area (Å²) in [5, 5.41) is 4.25. The van der Waals surface area contributed by atoms with Crippen molar-refractivity contribution in [1.82, 2.24) is 9.78 Å². The highest BCUT2D eigenvalue weighted by atomic mass is 16.5. The SMILES string of the molecule is COC(=O)c1cc(C(=O)OC)n(CC(C)(C)C(C)(C)OCc2ccccc2)n1. The zero-order valence-corrected chi connectivity index (χ0v) is 17.3. The van der Waals surface area contributed by atoms with Gasteiger partial charge in [0.1, 0.15) is 5.69 Å². The Morgan fingerprint density at radius 1 is 1.00 bits per heavy atom. The van der Waals surface area contributed by atoms with Gasteiger partial charge in [0.25, 0.3) is 0 Å². The van der Waals surface area contributed by atoms with Crippen LogP contribution < -0.4 is 0 Å². The molecule has 0 radical (unpaired) electrons. The Bertz CT molecular complexity index is 825. The minimum absolute atomic E-state index is 0.0571. The highest BCUT2D eigenvalue weighted by molar-refractivity contribution is 5.93. The van der Waals surface area contributed by atoms with Crippen molar-refractivity contribution in [3.8, 4) is 0 Å². The number of hydrogen-bond acceptors (Lipinski definition) is 6. The van der Waals surface area contributed by atoms with Gasteiger partial charge in [-0.2, -0.15) is 5.10 Å². The van der Waals surface area contributed by atoms with Gasteiger partial charge in [-0.25, -0.2) is 9.59 Å². The molecule has 7 heteroatoms. The van der Waals surface area contributed by atoms with E-state index in [9.17, 15) is 9.59 Å². The molecule has 0 N–H and O–H groups in total. The van der Waals surface area contributed by atoms with Crippen LogP contribution in [0.15, 0.2) is 36.4 Å². The molecule has 28 heavy (non-hydrogen) atoms. The second kappa shape index (κ2) is 8.56. The van der Waals surface area contributed by atoms with Crippen LogP contribution in [0.25, 0.3) is 0 Å². The molecular formula is C21H28N2O5. The van der Waals surface area contributed by atoms with Crippen LogP contribution in [0.4, 0.5) is 0 Å². The van der Waals surface area contributed by atoms with E-state index in [4.69, 9.17) is 14.2 Å². The summed E-state index contributed by atoms with van der Waals surface area (Å²) in [5.74, 6) is -1.18. The van der Waals surface area contributed by atoms with Crippen LogP contribution in [0.3, 0.4) is 0 Å². The fraction of sp³-hybridized carbons (Fsp3) is 0.476. The fourth-order valence-corrected chi connectivity index (χ4v) is 2.61. The van der Waals surface area contributed by atoms with Gasteiger partial charge < -0.3 is 14.2 Å². The molecule has 1 aromatic carbocycles. The molecule has 0 unspecified atom stereocenters. The van der Waals surface area contributed by atoms with Gasteiger partial charge in [-0.15, -0.1) is 0 Å². The third-order valence-electron chi connectivity index (χ3n) is 5.19. The number of ether oxygens (including phenoxy) is 3. The lowest BCUT2D eigenvalue weighted by Gasteiger charge is -2.41. The molecule has 0 fully saturated rings. The Morgan fingerprint density at radius 2 is 1.61 bits per heavy atom. The Kier molecular flexibility index (Phi) is 6.61. The summed E-state index contributed by atoms with van der Waals surface area (Å²) in [6.45, 7) is 8.86. The van der Waals surface area contributed by atoms with Gasteiger partial charge >= 0.3 is 11.9 Å². The van der Waals surface area contributed by atoms with Crippen LogP contribution in [0.2, 0.25) is 0 Å². The number of hydrogen-bond donors (Lipinski definition) is 0. The number of carbonyl (C=O) groups excluding carboxylic acids is 2. The largest absolute Gasteiger partial charge is 0.464 e. The summed E-state index contributed by atoms with van der Waals surface area (Å²) in [4.78, 5) is 24.0. The van der Waals surface area contributed by atoms with Gasteiger partial charge in [-0.1, -0.05) is 44.2 Å². The summed E-state index contributed by atoms with van der Waals surface area (Å²) in [5.41, 5.74) is 0.350. The second-order valence-electron chi connectivity index (χ2n) is 7.72. The topological polar surface area (TPSA) is 79.7 Å². The number of esters is 2. The molecule has 0 atom stereocenters. The number of rotatable bonds is 8. The first-order valence-corrected chi connectivity index (χ1v) is 9.03. The van der Waals surface area contributed by atoms with E-state index < -0.39 is 23.0 Å². The molecule has 2 rings (SSSR count). The van der Waals surface area contributed by atoms with Gasteiger partial charge in [0.15, 0.2) is 5.69 Å². The van der Waals surface area contributed by atoms with Crippen molar-refractivity contribution in [3.05, 3.63) is 53.3 Å². The van der Waals surface area contributed by atoms with Crippen molar-refractivity contribution in [1.29, 1.82) is 0 Å². The Morgan fingerprint density at radius 3 is 2.18 bits per heavy atom. The van der Waals surface area contributed by atoms with Crippen LogP contribution in [-0.4, -0.2) is 41.5 Å². The molecular weight excluding hydrogens is 360 g/mol. The van der Waals surface area contributed by atoms with Crippen LogP contribution in [0.1, 0.15) is 54.2 Å². The standard InChI is InChI=1S/C21H28N2O5/c1-20(2,21(3,4)28-13-15-10-8-7-9-11-15)14-23-17(19(25)27-6)12-16(22-23)18(24)26-5/h7-12H,13-14H2,1-6H3. The first-order valence-electron chi connectivity index (χ1n) is 9.03. The predicted octanol–water partition coefficient (Wildman–Crippen LogP) is 3.48. The normalized spacial score (nSPS) is 11.9. The van der Waals surface area contributed by atoms with Gasteiger partial charge in [0, 0.05) is 18.0 Å². The van der Waals surface area contributed by atoms with Crippen molar-refractivity contribution in [3.63, 3.8) is 0 Å². The minimum atomic E-state index is -0.610. The molecule has 0 aliphatic rings. The average molecular weight is 388 g/mol. The van der Waals surface area contributed by atoms with E-state index in [1.165, 1.54) is 25.0 Å². The van der Waals surface area contributed by atoms with E-state index in [1.54, 1.807) is 0 Å². The van der Waals surface area contributed by atoms with Crippen LogP contribution >= 0.6 is 0 Å². The molecule has 0 bridgehead atoms. The Hall–Kier alpha value is -2.67. The summed E-state index contributed by atoms with van der Waals surface area (Å²) in [6.07, 6.45) is 0. The molecule has 0 saturated carbocycles. The van der Waals surface area contributed by atoms with Crippen LogP contribution in [0.5, 0.6) is 0 Å². The summed E-state index contributed by atoms with van der Waals surface area (Å²) in [7, 11) is 2.55. The first kappa shape index (κ1) is 21.6. The number of carbonyl (C=O) groups is 2. The third kappa shape index (κ3) is 4.78. The average Bonchev–Trinajstić information content (AvgIpc) is 3.09. The van der Waals surface area contributed by atoms with Crippen molar-refractivity contribution in [2.45, 2.75) is 46.4 Å². The highest BCUT2D eigenvalue weighted by Gasteiger charge is 2.39. The molecule has 0 amide bonds. The minimum Gasteiger partial charge on any atom is -0.464 e. The van der Waals surface area contributed by atoms with Gasteiger partial charge in [-0.3, -0.25) is 4.68 Å². The fourth-order valence-electron chi connectivity index (χ4n) is 2.61. The first-order chi connectivity index (χ1) is 13.1. The van der Waals surface area contributed by atoms with Crippen LogP contribution in [-0.2, 0) is 27.4 Å². The van der Waals surface area contributed by atoms with Crippen LogP contribution in [0, 0.1) is 5.41 Å². The maximum absolute atomic E-state index is 12.1. The van der Waals surface area contributed by atoms with E-state index in [1.807, 2.05) is 58.0 Å². The number of aromatic nitrogens is 2. The lowest BCUT2D eigenvalue weighted by Crippen LogP contribution is -2.45. The zero-order valence-electron chi connectivity index (χ0n) is 17.3. The van der Waals surface area contributed by atoms with E-state index >= 15 is 0 Å². The Labute approximate surface area is 165 Å². The molecule has 0 aliphatic heterocycles. The predicted molar refractivity (Wildman–Crippen MR) is 104 cm³/mol. The number of methoxy groups -OCH3 is 2. The summed E-state index contributed by atoms with van der Waals surface area (Å²) >= 11 is 0. The molecule has 1 heterocycles. The monoisotopic (exact) mass is 388 g/mol. The number of benzene rings is 1. The van der Waals surface area contributed by atoms with Gasteiger partial charge in [-0.05, 0) is 19.4 Å². The zero-order chi connectivity index (χ0) is 20.9. The summed E-state index contributed by atoms with van der Waals surface area (Å²) in [6, 6.07) is 11.3. The van der Waals surface area contributed by atoms with E-state index in [2.05, 4.69) is 5.10 Å². The van der Waals surface area contributed by atoms with Crippen molar-refractivity contribution < 1.29 is 23.8 Å². The van der Waals surface area contributed by atoms with E-state index in [-0.39, 0.29) is 11.4 Å². The number of nitrogens with zero attached hydrogens (tertiary/aromatic N) is 2. The van der Waals surface area contributed by atoms with Gasteiger partial charge in [0.2, 0.25) is 0 Å². The molecule has 152 valence electrons. The smallest absolute Gasteiger partial charge is 0.358 e. The van der Waals surface area contributed by atoms with E-state index in [0.717, 1.165) is 5.56 Å². The van der Waals surface area contributed by atoms with Crippen molar-refractivity contribution in [2.24, 2.45) is 5.41 Å². The molecule has 7 nitrogen and oxygen atoms in total. The quantitative estimate of drug-likeness (QED) is 0.644. The lowest BCUT2D eigenvalue weighted by atomic mass is 9.77. The van der Waals surface area contributed by atoms with Crippen molar-refractivity contribution in [2.75, 3.05) is 14.2 Å². The van der Waals surface area contributed by atoms with Crippen molar-refractivity contribution >= 4 is 11.9 Å². The second-order valence-corrected chi connectivity index (χ2v) is 7.72. The Balaban J connectivity index is 2.24. The van der Waals surface area contributed by atoms with E-state index in [0.29, 0.717) is 13.2 Å². The molecule has 1 aromatic heterocycles. The maximum Gasteiger partial charge on any atom is 0.358 e. The lowest BCUT2D eigenvalue weighted by molar-refractivity contribution is -0.114. The molecule has 0 spiro atoms. The summed E-state index contributed by atoms with van der Waals surface area (Å²) < 4.78 is 17.2. The maximum atomic E-state index is 12.1. The molecule has 2 aromatic rings. The highest BCUT2D eigenvalue weighted by Crippen LogP contribution is 2.36. The van der Waals surface area contributed by atoms with Gasteiger partial charge in [0.05, 0.1) is 26.4 Å². The molecule has 0 saturated heterocycles. The molecule has 0 aliphatic carbocycles.